The summed E-state index contributed by atoms with van der Waals surface area (Å²) in [5.74, 6) is 6.49. The van der Waals surface area contributed by atoms with Crippen molar-refractivity contribution in [1.82, 2.24) is 0 Å². The molecule has 0 aliphatic carbocycles. The number of carbonyl (C=O) groups is 1. The van der Waals surface area contributed by atoms with Crippen LogP contribution in [-0.2, 0) is 4.79 Å². The fraction of sp³-hybridized carbons (Fsp3) is 0.375. The zero-order valence-corrected chi connectivity index (χ0v) is 16.5. The molecule has 0 fully saturated rings. The molecule has 0 heterocycles. The summed E-state index contributed by atoms with van der Waals surface area (Å²) in [5, 5.41) is 0.280. The lowest BCUT2D eigenvalue weighted by Gasteiger charge is -2.02. The number of aryl methyl sites for hydroxylation is 1. The SMILES string of the molecule is Cc1ccc(C#CCCCCCCCCC(=O)Sc2ccccc2)cc1. The van der Waals surface area contributed by atoms with E-state index in [1.54, 1.807) is 0 Å². The first-order chi connectivity index (χ1) is 12.7. The molecule has 0 aromatic heterocycles. The Kier molecular flexibility index (Phi) is 9.69. The van der Waals surface area contributed by atoms with E-state index in [0.717, 1.165) is 29.7 Å². The quantitative estimate of drug-likeness (QED) is 0.277. The Morgan fingerprint density at radius 2 is 1.50 bits per heavy atom. The predicted octanol–water partition coefficient (Wildman–Crippen LogP) is 6.79. The maximum absolute atomic E-state index is 11.9. The van der Waals surface area contributed by atoms with E-state index < -0.39 is 0 Å². The highest BCUT2D eigenvalue weighted by Crippen LogP contribution is 2.21. The van der Waals surface area contributed by atoms with Crippen LogP contribution in [0.2, 0.25) is 0 Å². The van der Waals surface area contributed by atoms with Gasteiger partial charge in [0.25, 0.3) is 0 Å². The smallest absolute Gasteiger partial charge is 0.193 e. The van der Waals surface area contributed by atoms with E-state index in [1.165, 1.54) is 43.0 Å². The van der Waals surface area contributed by atoms with E-state index in [9.17, 15) is 4.79 Å². The lowest BCUT2D eigenvalue weighted by Crippen LogP contribution is -1.91. The molecule has 2 aromatic rings. The fourth-order valence-corrected chi connectivity index (χ4v) is 3.46. The van der Waals surface area contributed by atoms with E-state index in [4.69, 9.17) is 0 Å². The van der Waals surface area contributed by atoms with Gasteiger partial charge in [-0.1, -0.05) is 85.2 Å². The fourth-order valence-electron chi connectivity index (χ4n) is 2.66. The van der Waals surface area contributed by atoms with Crippen molar-refractivity contribution in [2.24, 2.45) is 0 Å². The van der Waals surface area contributed by atoms with Gasteiger partial charge in [0.2, 0.25) is 0 Å². The summed E-state index contributed by atoms with van der Waals surface area (Å²) >= 11 is 1.37. The maximum atomic E-state index is 11.9. The second-order valence-corrected chi connectivity index (χ2v) is 7.71. The first-order valence-electron chi connectivity index (χ1n) is 9.55. The highest BCUT2D eigenvalue weighted by atomic mass is 32.2. The molecule has 0 bridgehead atoms. The number of benzene rings is 2. The molecule has 0 spiro atoms. The minimum atomic E-state index is 0.280. The normalized spacial score (nSPS) is 10.2. The zero-order chi connectivity index (χ0) is 18.5. The second-order valence-electron chi connectivity index (χ2n) is 6.58. The molecular formula is C24H28OS. The van der Waals surface area contributed by atoms with E-state index in [1.807, 2.05) is 30.3 Å². The summed E-state index contributed by atoms with van der Waals surface area (Å²) in [6.45, 7) is 2.09. The third-order valence-corrected chi connectivity index (χ3v) is 5.13. The molecule has 26 heavy (non-hydrogen) atoms. The number of rotatable bonds is 9. The average molecular weight is 365 g/mol. The van der Waals surface area contributed by atoms with Crippen molar-refractivity contribution in [2.45, 2.75) is 63.2 Å². The van der Waals surface area contributed by atoms with Gasteiger partial charge in [0, 0.05) is 23.3 Å². The summed E-state index contributed by atoms with van der Waals surface area (Å²) in [4.78, 5) is 12.9. The van der Waals surface area contributed by atoms with Crippen LogP contribution in [0, 0.1) is 18.8 Å². The number of carbonyl (C=O) groups excluding carboxylic acids is 1. The molecule has 0 N–H and O–H groups in total. The molecule has 136 valence electrons. The summed E-state index contributed by atoms with van der Waals surface area (Å²) in [5.41, 5.74) is 2.38. The summed E-state index contributed by atoms with van der Waals surface area (Å²) in [6.07, 6.45) is 8.67. The second kappa shape index (κ2) is 12.4. The van der Waals surface area contributed by atoms with Crippen molar-refractivity contribution < 1.29 is 4.79 Å². The molecule has 0 aliphatic rings. The molecular weight excluding hydrogens is 336 g/mol. The highest BCUT2D eigenvalue weighted by Gasteiger charge is 2.03. The van der Waals surface area contributed by atoms with Crippen LogP contribution < -0.4 is 0 Å². The van der Waals surface area contributed by atoms with Crippen molar-refractivity contribution in [3.05, 3.63) is 65.7 Å². The topological polar surface area (TPSA) is 17.1 Å². The van der Waals surface area contributed by atoms with Crippen molar-refractivity contribution in [3.63, 3.8) is 0 Å². The minimum Gasteiger partial charge on any atom is -0.287 e. The molecule has 0 amide bonds. The van der Waals surface area contributed by atoms with E-state index >= 15 is 0 Å². The van der Waals surface area contributed by atoms with Crippen LogP contribution in [0.5, 0.6) is 0 Å². The van der Waals surface area contributed by atoms with Crippen LogP contribution in [0.1, 0.15) is 62.5 Å². The first kappa shape index (κ1) is 20.3. The molecule has 1 nitrogen and oxygen atoms in total. The summed E-state index contributed by atoms with van der Waals surface area (Å²) < 4.78 is 0. The summed E-state index contributed by atoms with van der Waals surface area (Å²) in [6, 6.07) is 18.3. The lowest BCUT2D eigenvalue weighted by atomic mass is 10.1. The van der Waals surface area contributed by atoms with E-state index in [-0.39, 0.29) is 5.12 Å². The minimum absolute atomic E-state index is 0.280. The number of hydrogen-bond acceptors (Lipinski definition) is 2. The van der Waals surface area contributed by atoms with Gasteiger partial charge in [0.05, 0.1) is 0 Å². The largest absolute Gasteiger partial charge is 0.287 e. The number of hydrogen-bond donors (Lipinski definition) is 0. The van der Waals surface area contributed by atoms with Crippen LogP contribution in [-0.4, -0.2) is 5.12 Å². The molecule has 2 rings (SSSR count). The highest BCUT2D eigenvalue weighted by molar-refractivity contribution is 8.13. The van der Waals surface area contributed by atoms with Crippen molar-refractivity contribution in [2.75, 3.05) is 0 Å². The third-order valence-electron chi connectivity index (χ3n) is 4.19. The number of thioether (sulfide) groups is 1. The van der Waals surface area contributed by atoms with Crippen LogP contribution in [0.25, 0.3) is 0 Å². The van der Waals surface area contributed by atoms with Crippen molar-refractivity contribution >= 4 is 16.9 Å². The van der Waals surface area contributed by atoms with Crippen LogP contribution in [0.3, 0.4) is 0 Å². The standard InChI is InChI=1S/C24H28OS/c1-21-17-19-22(20-18-21)13-9-6-4-2-3-5-7-12-16-24(25)26-23-14-10-8-11-15-23/h8,10-11,14-15,17-20H,2-7,12,16H2,1H3. The van der Waals surface area contributed by atoms with Gasteiger partial charge < -0.3 is 0 Å². The molecule has 0 radical (unpaired) electrons. The van der Waals surface area contributed by atoms with Gasteiger partial charge in [-0.25, -0.2) is 0 Å². The molecule has 2 heteroatoms. The average Bonchev–Trinajstić information content (AvgIpc) is 2.65. The van der Waals surface area contributed by atoms with E-state index in [2.05, 4.69) is 43.0 Å². The Labute approximate surface area is 162 Å². The Balaban J connectivity index is 1.45. The van der Waals surface area contributed by atoms with Crippen LogP contribution in [0.15, 0.2) is 59.5 Å². The molecule has 0 aliphatic heterocycles. The lowest BCUT2D eigenvalue weighted by molar-refractivity contribution is -0.111. The zero-order valence-electron chi connectivity index (χ0n) is 15.7. The Bertz CT molecular complexity index is 707. The van der Waals surface area contributed by atoms with Crippen molar-refractivity contribution in [3.8, 4) is 11.8 Å². The van der Waals surface area contributed by atoms with Gasteiger partial charge in [-0.15, -0.1) is 0 Å². The Morgan fingerprint density at radius 1 is 0.846 bits per heavy atom. The Morgan fingerprint density at radius 3 is 2.23 bits per heavy atom. The third kappa shape index (κ3) is 8.92. The molecule has 2 aromatic carbocycles. The molecule has 0 saturated carbocycles. The maximum Gasteiger partial charge on any atom is 0.193 e. The first-order valence-corrected chi connectivity index (χ1v) is 10.4. The Hall–Kier alpha value is -1.98. The monoisotopic (exact) mass is 364 g/mol. The van der Waals surface area contributed by atoms with Gasteiger partial charge in [0.15, 0.2) is 5.12 Å². The predicted molar refractivity (Wildman–Crippen MR) is 112 cm³/mol. The molecule has 0 unspecified atom stereocenters. The van der Waals surface area contributed by atoms with Gasteiger partial charge in [-0.3, -0.25) is 4.79 Å². The van der Waals surface area contributed by atoms with Crippen molar-refractivity contribution in [1.29, 1.82) is 0 Å². The van der Waals surface area contributed by atoms with Gasteiger partial charge in [-0.2, -0.15) is 0 Å². The van der Waals surface area contributed by atoms with Crippen LogP contribution >= 0.6 is 11.8 Å². The molecule has 0 saturated heterocycles. The number of unbranched alkanes of at least 4 members (excludes halogenated alkanes) is 6. The van der Waals surface area contributed by atoms with E-state index in [0.29, 0.717) is 6.42 Å². The van der Waals surface area contributed by atoms with Crippen LogP contribution in [0.4, 0.5) is 0 Å². The van der Waals surface area contributed by atoms with Gasteiger partial charge in [0.1, 0.15) is 0 Å². The van der Waals surface area contributed by atoms with Gasteiger partial charge >= 0.3 is 0 Å². The van der Waals surface area contributed by atoms with Gasteiger partial charge in [-0.05, 0) is 44.0 Å². The summed E-state index contributed by atoms with van der Waals surface area (Å²) in [7, 11) is 0. The molecule has 0 atom stereocenters.